The van der Waals surface area contributed by atoms with Crippen molar-refractivity contribution < 1.29 is 28.6 Å². The zero-order valence-electron chi connectivity index (χ0n) is 23.8. The van der Waals surface area contributed by atoms with Crippen molar-refractivity contribution in [2.75, 3.05) is 20.3 Å². The van der Waals surface area contributed by atoms with Gasteiger partial charge in [-0.3, -0.25) is 9.59 Å². The number of methoxy groups -OCH3 is 1. The van der Waals surface area contributed by atoms with E-state index >= 15 is 0 Å². The van der Waals surface area contributed by atoms with E-state index in [1.807, 2.05) is 0 Å². The summed E-state index contributed by atoms with van der Waals surface area (Å²) in [5, 5.41) is 0. The molecule has 6 nitrogen and oxygen atoms in total. The minimum absolute atomic E-state index is 0.0622. The number of ether oxygens (including phenoxy) is 3. The van der Waals surface area contributed by atoms with Gasteiger partial charge in [-0.1, -0.05) is 34.6 Å². The van der Waals surface area contributed by atoms with Gasteiger partial charge in [-0.2, -0.15) is 0 Å². The molecule has 0 saturated heterocycles. The molecular weight excluding hydrogens is 468 g/mol. The smallest absolute Gasteiger partial charge is 0.215 e. The van der Waals surface area contributed by atoms with E-state index in [9.17, 15) is 14.4 Å². The van der Waals surface area contributed by atoms with Crippen LogP contribution in [0.5, 0.6) is 0 Å². The summed E-state index contributed by atoms with van der Waals surface area (Å²) in [6, 6.07) is 0. The fraction of sp³-hybridized carbons (Fsp3) is 0.903. The number of carbonyl (C=O) groups is 3. The van der Waals surface area contributed by atoms with E-state index in [-0.39, 0.29) is 39.8 Å². The Bertz CT molecular complexity index is 931. The Labute approximate surface area is 222 Å². The van der Waals surface area contributed by atoms with Crippen LogP contribution in [0.4, 0.5) is 0 Å². The molecule has 0 heterocycles. The van der Waals surface area contributed by atoms with Crippen molar-refractivity contribution in [1.29, 1.82) is 0 Å². The molecule has 5 fully saturated rings. The maximum atomic E-state index is 14.0. The maximum Gasteiger partial charge on any atom is 0.215 e. The van der Waals surface area contributed by atoms with E-state index in [4.69, 9.17) is 14.2 Å². The van der Waals surface area contributed by atoms with Crippen LogP contribution in [0.25, 0.3) is 0 Å². The third-order valence-electron chi connectivity index (χ3n) is 13.1. The molecule has 0 N–H and O–H groups in total. The van der Waals surface area contributed by atoms with Crippen LogP contribution in [0, 0.1) is 50.7 Å². The molecule has 10 atom stereocenters. The van der Waals surface area contributed by atoms with Crippen molar-refractivity contribution in [3.8, 4) is 0 Å². The fourth-order valence-electron chi connectivity index (χ4n) is 11.1. The first kappa shape index (κ1) is 27.5. The minimum atomic E-state index is -0.990. The Balaban J connectivity index is 1.39. The summed E-state index contributed by atoms with van der Waals surface area (Å²) < 4.78 is 16.9. The summed E-state index contributed by atoms with van der Waals surface area (Å²) in [4.78, 5) is 36.3. The Morgan fingerprint density at radius 1 is 1.00 bits per heavy atom. The van der Waals surface area contributed by atoms with Crippen LogP contribution in [0.3, 0.4) is 0 Å². The summed E-state index contributed by atoms with van der Waals surface area (Å²) in [6.07, 6.45) is 9.84. The number of aldehydes is 2. The molecule has 0 aromatic rings. The molecule has 208 valence electrons. The van der Waals surface area contributed by atoms with Crippen LogP contribution in [0.2, 0.25) is 0 Å². The molecule has 37 heavy (non-hydrogen) atoms. The highest BCUT2D eigenvalue weighted by Crippen LogP contribution is 2.88. The second-order valence-electron chi connectivity index (χ2n) is 14.3. The summed E-state index contributed by atoms with van der Waals surface area (Å²) in [7, 11) is 1.77. The molecule has 5 aliphatic carbocycles. The van der Waals surface area contributed by atoms with Gasteiger partial charge in [0, 0.05) is 25.6 Å². The molecule has 0 bridgehead atoms. The Morgan fingerprint density at radius 2 is 1.70 bits per heavy atom. The first-order chi connectivity index (χ1) is 17.5. The lowest BCUT2D eigenvalue weighted by molar-refractivity contribution is -0.219. The van der Waals surface area contributed by atoms with Crippen LogP contribution in [-0.4, -0.2) is 51.1 Å². The third-order valence-corrected chi connectivity index (χ3v) is 13.1. The Morgan fingerprint density at radius 3 is 2.38 bits per heavy atom. The van der Waals surface area contributed by atoms with E-state index in [2.05, 4.69) is 34.6 Å². The molecule has 0 aromatic heterocycles. The topological polar surface area (TPSA) is 78.9 Å². The highest BCUT2D eigenvalue weighted by molar-refractivity contribution is 5.89. The predicted octanol–water partition coefficient (Wildman–Crippen LogP) is 5.40. The zero-order chi connectivity index (χ0) is 26.9. The van der Waals surface area contributed by atoms with Crippen LogP contribution >= 0.6 is 0 Å². The number of carbonyl (C=O) groups excluding carboxylic acids is 3. The van der Waals surface area contributed by atoms with Gasteiger partial charge >= 0.3 is 0 Å². The van der Waals surface area contributed by atoms with Crippen molar-refractivity contribution in [3.05, 3.63) is 0 Å². The van der Waals surface area contributed by atoms with Crippen molar-refractivity contribution in [2.45, 2.75) is 105 Å². The Kier molecular flexibility index (Phi) is 6.85. The van der Waals surface area contributed by atoms with Gasteiger partial charge in [-0.25, -0.2) is 0 Å². The summed E-state index contributed by atoms with van der Waals surface area (Å²) >= 11 is 0. The quantitative estimate of drug-likeness (QED) is 0.286. The molecule has 0 radical (unpaired) electrons. The molecule has 0 aromatic carbocycles. The lowest BCUT2D eigenvalue weighted by atomic mass is 9.41. The van der Waals surface area contributed by atoms with Gasteiger partial charge in [0.05, 0.1) is 6.10 Å². The third kappa shape index (κ3) is 3.57. The molecule has 5 rings (SSSR count). The van der Waals surface area contributed by atoms with Crippen LogP contribution in [0.15, 0.2) is 0 Å². The van der Waals surface area contributed by atoms with E-state index in [1.165, 1.54) is 12.8 Å². The van der Waals surface area contributed by atoms with Crippen LogP contribution in [0.1, 0.15) is 92.4 Å². The number of fused-ring (bicyclic) bond motifs is 2. The molecule has 5 saturated carbocycles. The van der Waals surface area contributed by atoms with Crippen molar-refractivity contribution in [2.24, 2.45) is 50.7 Å². The molecule has 6 heteroatoms. The minimum Gasteiger partial charge on any atom is -0.385 e. The average Bonchev–Trinajstić information content (AvgIpc) is 3.49. The standard InChI is InChI=1S/C31H48O6/c1-20(10-15-35-6)21-17-24(34)29(5)23-8-7-22-27(2,3)25(37-26(18-33)36-16-14-32)9-11-30(22)19-31(23,30)13-12-28(21,29)4/h14,18,20-23,25-26H,7-13,15-17,19H2,1-6H3/t20-,21-,22+,23-,25+,26+,28-,29-,30-,31+/m1/s1. The van der Waals surface area contributed by atoms with E-state index in [0.717, 1.165) is 51.6 Å². The van der Waals surface area contributed by atoms with Crippen LogP contribution < -0.4 is 0 Å². The first-order valence-electron chi connectivity index (χ1n) is 14.7. The van der Waals surface area contributed by atoms with E-state index in [1.54, 1.807) is 7.11 Å². The molecule has 2 spiro atoms. The Hall–Kier alpha value is -1.11. The molecule has 0 unspecified atom stereocenters. The highest BCUT2D eigenvalue weighted by Gasteiger charge is 2.83. The van der Waals surface area contributed by atoms with Gasteiger partial charge in [0.15, 0.2) is 6.29 Å². The van der Waals surface area contributed by atoms with Crippen molar-refractivity contribution in [3.63, 3.8) is 0 Å². The fourth-order valence-corrected chi connectivity index (χ4v) is 11.1. The summed E-state index contributed by atoms with van der Waals surface area (Å²) in [6.45, 7) is 12.4. The summed E-state index contributed by atoms with van der Waals surface area (Å²) in [5.74, 6) is 2.43. The lowest BCUT2D eigenvalue weighted by Gasteiger charge is -2.62. The van der Waals surface area contributed by atoms with Crippen molar-refractivity contribution >= 4 is 18.4 Å². The van der Waals surface area contributed by atoms with Gasteiger partial charge < -0.3 is 19.0 Å². The van der Waals surface area contributed by atoms with Gasteiger partial charge in [0.2, 0.25) is 6.29 Å². The van der Waals surface area contributed by atoms with Gasteiger partial charge in [-0.15, -0.1) is 0 Å². The first-order valence-corrected chi connectivity index (χ1v) is 14.7. The van der Waals surface area contributed by atoms with E-state index < -0.39 is 6.29 Å². The summed E-state index contributed by atoms with van der Waals surface area (Å²) in [5.41, 5.74) is 0.271. The average molecular weight is 517 g/mol. The maximum absolute atomic E-state index is 14.0. The van der Waals surface area contributed by atoms with Gasteiger partial charge in [0.1, 0.15) is 18.7 Å². The van der Waals surface area contributed by atoms with Crippen molar-refractivity contribution in [1.82, 2.24) is 0 Å². The molecule has 0 aliphatic heterocycles. The number of Topliss-reactive ketones (excluding diaryl/α,β-unsaturated/α-hetero) is 1. The SMILES string of the molecule is COCC[C@@H](C)[C@H]1CC(=O)[C@@]2(C)[C@H]3CC[C@H]4C(C)(C)[C@@H](O[C@@H](C=O)OCC=O)CC[C@@]45C[C@@]35CC[C@]12C. The van der Waals surface area contributed by atoms with E-state index in [0.29, 0.717) is 42.0 Å². The molecular formula is C31H48O6. The molecule has 5 aliphatic rings. The lowest BCUT2D eigenvalue weighted by Crippen LogP contribution is -2.59. The highest BCUT2D eigenvalue weighted by atomic mass is 16.7. The largest absolute Gasteiger partial charge is 0.385 e. The van der Waals surface area contributed by atoms with Gasteiger partial charge in [-0.05, 0) is 96.7 Å². The molecule has 0 amide bonds. The number of hydrogen-bond donors (Lipinski definition) is 0. The second kappa shape index (κ2) is 9.23. The van der Waals surface area contributed by atoms with Crippen LogP contribution in [-0.2, 0) is 28.6 Å². The number of rotatable bonds is 10. The predicted molar refractivity (Wildman–Crippen MR) is 140 cm³/mol. The number of hydrogen-bond acceptors (Lipinski definition) is 6. The number of ketones is 1. The van der Waals surface area contributed by atoms with Gasteiger partial charge in [0.25, 0.3) is 0 Å². The second-order valence-corrected chi connectivity index (χ2v) is 14.3. The monoisotopic (exact) mass is 516 g/mol. The zero-order valence-corrected chi connectivity index (χ0v) is 23.8. The normalized spacial score (nSPS) is 47.1.